The molecule has 0 N–H and O–H groups in total. The predicted molar refractivity (Wildman–Crippen MR) is 67.3 cm³/mol. The quantitative estimate of drug-likeness (QED) is 0.808. The van der Waals surface area contributed by atoms with Crippen LogP contribution >= 0.6 is 11.3 Å². The van der Waals surface area contributed by atoms with Gasteiger partial charge in [0.1, 0.15) is 5.75 Å². The second kappa shape index (κ2) is 5.12. The lowest BCUT2D eigenvalue weighted by molar-refractivity contribution is 0.414. The minimum Gasteiger partial charge on any atom is -0.497 e. The molecule has 0 spiro atoms. The molecule has 0 aliphatic carbocycles. The maximum atomic E-state index is 5.13. The standard InChI is InChI=1S/C13H15NOS/c1-3-13-14-9-12(16-13)8-10-4-6-11(15-2)7-5-10/h4-7,9H,3,8H2,1-2H3. The molecule has 0 aliphatic heterocycles. The van der Waals surface area contributed by atoms with Gasteiger partial charge in [0.15, 0.2) is 0 Å². The van der Waals surface area contributed by atoms with Crippen molar-refractivity contribution in [2.75, 3.05) is 7.11 Å². The van der Waals surface area contributed by atoms with Crippen LogP contribution in [0.2, 0.25) is 0 Å². The summed E-state index contributed by atoms with van der Waals surface area (Å²) in [4.78, 5) is 5.68. The number of aryl methyl sites for hydroxylation is 1. The van der Waals surface area contributed by atoms with E-state index in [1.165, 1.54) is 15.4 Å². The molecule has 0 bridgehead atoms. The van der Waals surface area contributed by atoms with E-state index in [2.05, 4.69) is 24.0 Å². The number of ether oxygens (including phenoxy) is 1. The highest BCUT2D eigenvalue weighted by molar-refractivity contribution is 7.11. The highest BCUT2D eigenvalue weighted by Crippen LogP contribution is 2.19. The Morgan fingerprint density at radius 2 is 2.00 bits per heavy atom. The summed E-state index contributed by atoms with van der Waals surface area (Å²) >= 11 is 1.80. The van der Waals surface area contributed by atoms with E-state index < -0.39 is 0 Å². The topological polar surface area (TPSA) is 22.1 Å². The summed E-state index contributed by atoms with van der Waals surface area (Å²) in [6.07, 6.45) is 3.96. The molecule has 0 radical (unpaired) electrons. The van der Waals surface area contributed by atoms with Crippen molar-refractivity contribution in [1.29, 1.82) is 0 Å². The van der Waals surface area contributed by atoms with Crippen LogP contribution in [0.25, 0.3) is 0 Å². The van der Waals surface area contributed by atoms with Crippen molar-refractivity contribution in [1.82, 2.24) is 4.98 Å². The van der Waals surface area contributed by atoms with Crippen molar-refractivity contribution in [3.8, 4) is 5.75 Å². The first-order valence-electron chi connectivity index (χ1n) is 5.38. The number of aromatic nitrogens is 1. The lowest BCUT2D eigenvalue weighted by atomic mass is 10.1. The highest BCUT2D eigenvalue weighted by atomic mass is 32.1. The van der Waals surface area contributed by atoms with E-state index >= 15 is 0 Å². The number of rotatable bonds is 4. The Bertz CT molecular complexity index is 447. The van der Waals surface area contributed by atoms with Gasteiger partial charge in [-0.25, -0.2) is 4.98 Å². The summed E-state index contributed by atoms with van der Waals surface area (Å²) in [7, 11) is 1.69. The fourth-order valence-electron chi connectivity index (χ4n) is 1.54. The number of nitrogens with zero attached hydrogens (tertiary/aromatic N) is 1. The van der Waals surface area contributed by atoms with Gasteiger partial charge in [-0.05, 0) is 24.1 Å². The molecule has 2 rings (SSSR count). The number of hydrogen-bond acceptors (Lipinski definition) is 3. The van der Waals surface area contributed by atoms with Crippen LogP contribution in [0.1, 0.15) is 22.4 Å². The molecule has 1 heterocycles. The lowest BCUT2D eigenvalue weighted by Gasteiger charge is -2.01. The van der Waals surface area contributed by atoms with Gasteiger partial charge in [-0.1, -0.05) is 19.1 Å². The first-order chi connectivity index (χ1) is 7.81. The van der Waals surface area contributed by atoms with Crippen LogP contribution in [-0.2, 0) is 12.8 Å². The van der Waals surface area contributed by atoms with E-state index in [0.29, 0.717) is 0 Å². The third-order valence-corrected chi connectivity index (χ3v) is 3.58. The summed E-state index contributed by atoms with van der Waals surface area (Å²) < 4.78 is 5.13. The van der Waals surface area contributed by atoms with Gasteiger partial charge in [0.2, 0.25) is 0 Å². The molecule has 16 heavy (non-hydrogen) atoms. The summed E-state index contributed by atoms with van der Waals surface area (Å²) in [5.41, 5.74) is 1.30. The van der Waals surface area contributed by atoms with E-state index in [0.717, 1.165) is 18.6 Å². The molecule has 0 saturated carbocycles. The summed E-state index contributed by atoms with van der Waals surface area (Å²) in [6, 6.07) is 8.20. The molecule has 3 heteroatoms. The molecule has 2 nitrogen and oxygen atoms in total. The summed E-state index contributed by atoms with van der Waals surface area (Å²) in [5.74, 6) is 0.905. The normalized spacial score (nSPS) is 10.4. The fraction of sp³-hybridized carbons (Fsp3) is 0.308. The molecular formula is C13H15NOS. The third kappa shape index (κ3) is 2.61. The second-order valence-electron chi connectivity index (χ2n) is 3.60. The van der Waals surface area contributed by atoms with Crippen LogP contribution in [0, 0.1) is 0 Å². The maximum absolute atomic E-state index is 5.13. The van der Waals surface area contributed by atoms with Crippen molar-refractivity contribution in [2.45, 2.75) is 19.8 Å². The zero-order valence-corrected chi connectivity index (χ0v) is 10.4. The minimum atomic E-state index is 0.905. The predicted octanol–water partition coefficient (Wildman–Crippen LogP) is 3.30. The Balaban J connectivity index is 2.08. The average Bonchev–Trinajstić information content (AvgIpc) is 2.78. The van der Waals surface area contributed by atoms with Crippen LogP contribution in [0.3, 0.4) is 0 Å². The molecule has 0 amide bonds. The number of thiazole rings is 1. The third-order valence-electron chi connectivity index (χ3n) is 2.44. The molecule has 0 fully saturated rings. The molecule has 0 aliphatic rings. The zero-order valence-electron chi connectivity index (χ0n) is 9.56. The van der Waals surface area contributed by atoms with E-state index in [1.54, 1.807) is 18.4 Å². The number of benzene rings is 1. The van der Waals surface area contributed by atoms with Gasteiger partial charge in [0.05, 0.1) is 12.1 Å². The summed E-state index contributed by atoms with van der Waals surface area (Å²) in [5, 5.41) is 1.21. The molecule has 84 valence electrons. The minimum absolute atomic E-state index is 0.905. The van der Waals surface area contributed by atoms with Crippen molar-refractivity contribution in [3.05, 3.63) is 45.9 Å². The Labute approximate surface area is 99.9 Å². The molecule has 1 aromatic heterocycles. The smallest absolute Gasteiger partial charge is 0.118 e. The van der Waals surface area contributed by atoms with Crippen LogP contribution in [0.15, 0.2) is 30.5 Å². The van der Waals surface area contributed by atoms with Crippen LogP contribution in [-0.4, -0.2) is 12.1 Å². The number of methoxy groups -OCH3 is 1. The van der Waals surface area contributed by atoms with E-state index in [9.17, 15) is 0 Å². The van der Waals surface area contributed by atoms with Crippen molar-refractivity contribution in [3.63, 3.8) is 0 Å². The van der Waals surface area contributed by atoms with Gasteiger partial charge in [-0.15, -0.1) is 11.3 Å². The Morgan fingerprint density at radius 1 is 1.25 bits per heavy atom. The molecule has 2 aromatic rings. The van der Waals surface area contributed by atoms with Crippen molar-refractivity contribution >= 4 is 11.3 Å². The average molecular weight is 233 g/mol. The SMILES string of the molecule is CCc1ncc(Cc2ccc(OC)cc2)s1. The zero-order chi connectivity index (χ0) is 11.4. The lowest BCUT2D eigenvalue weighted by Crippen LogP contribution is -1.86. The van der Waals surface area contributed by atoms with E-state index in [1.807, 2.05) is 18.3 Å². The Hall–Kier alpha value is -1.35. The van der Waals surface area contributed by atoms with Crippen molar-refractivity contribution in [2.24, 2.45) is 0 Å². The van der Waals surface area contributed by atoms with Gasteiger partial charge < -0.3 is 4.74 Å². The molecule has 0 atom stereocenters. The van der Waals surface area contributed by atoms with Crippen molar-refractivity contribution < 1.29 is 4.74 Å². The molecule has 0 unspecified atom stereocenters. The van der Waals surface area contributed by atoms with Crippen LogP contribution in [0.4, 0.5) is 0 Å². The van der Waals surface area contributed by atoms with E-state index in [-0.39, 0.29) is 0 Å². The van der Waals surface area contributed by atoms with Crippen LogP contribution in [0.5, 0.6) is 5.75 Å². The maximum Gasteiger partial charge on any atom is 0.118 e. The first kappa shape index (κ1) is 11.1. The monoisotopic (exact) mass is 233 g/mol. The van der Waals surface area contributed by atoms with Gasteiger partial charge in [0, 0.05) is 17.5 Å². The highest BCUT2D eigenvalue weighted by Gasteiger charge is 2.01. The summed E-state index contributed by atoms with van der Waals surface area (Å²) in [6.45, 7) is 2.13. The first-order valence-corrected chi connectivity index (χ1v) is 6.20. The fourth-order valence-corrected chi connectivity index (χ4v) is 2.43. The van der Waals surface area contributed by atoms with Gasteiger partial charge in [-0.2, -0.15) is 0 Å². The van der Waals surface area contributed by atoms with Crippen LogP contribution < -0.4 is 4.74 Å². The molecular weight excluding hydrogens is 218 g/mol. The largest absolute Gasteiger partial charge is 0.497 e. The van der Waals surface area contributed by atoms with E-state index in [4.69, 9.17) is 4.74 Å². The van der Waals surface area contributed by atoms with Gasteiger partial charge in [-0.3, -0.25) is 0 Å². The Kier molecular flexibility index (Phi) is 3.57. The van der Waals surface area contributed by atoms with Gasteiger partial charge >= 0.3 is 0 Å². The Morgan fingerprint density at radius 3 is 2.56 bits per heavy atom. The molecule has 0 saturated heterocycles. The van der Waals surface area contributed by atoms with Gasteiger partial charge in [0.25, 0.3) is 0 Å². The number of hydrogen-bond donors (Lipinski definition) is 0. The second-order valence-corrected chi connectivity index (χ2v) is 4.80. The molecule has 1 aromatic carbocycles.